The average molecular weight is 460 g/mol. The van der Waals surface area contributed by atoms with E-state index in [0.29, 0.717) is 12.5 Å². The van der Waals surface area contributed by atoms with Crippen LogP contribution in [0.4, 0.5) is 5.69 Å². The van der Waals surface area contributed by atoms with E-state index in [0.717, 1.165) is 28.4 Å². The molecule has 0 atom stereocenters. The largest absolute Gasteiger partial charge is 0.491 e. The number of rotatable bonds is 6. The van der Waals surface area contributed by atoms with E-state index in [1.807, 2.05) is 62.4 Å². The number of halogens is 2. The van der Waals surface area contributed by atoms with Gasteiger partial charge < -0.3 is 15.8 Å². The highest BCUT2D eigenvalue weighted by Crippen LogP contribution is 2.16. The van der Waals surface area contributed by atoms with E-state index in [4.69, 9.17) is 22.1 Å². The Morgan fingerprint density at radius 2 is 1.92 bits per heavy atom. The molecule has 2 aromatic rings. The van der Waals surface area contributed by atoms with Crippen molar-refractivity contribution in [2.45, 2.75) is 26.4 Å². The Bertz CT molecular complexity index is 660. The van der Waals surface area contributed by atoms with Crippen molar-refractivity contribution in [2.24, 2.45) is 10.7 Å². The van der Waals surface area contributed by atoms with Crippen LogP contribution in [0.2, 0.25) is 5.02 Å². The predicted molar refractivity (Wildman–Crippen MR) is 113 cm³/mol. The number of hydrogen-bond donors (Lipinski definition) is 2. The molecular weight excluding hydrogens is 437 g/mol. The molecular formula is C18H23ClIN3O. The van der Waals surface area contributed by atoms with Gasteiger partial charge in [-0.05, 0) is 62.2 Å². The normalized spacial score (nSPS) is 11.1. The zero-order chi connectivity index (χ0) is 16.7. The van der Waals surface area contributed by atoms with Crippen LogP contribution in [-0.2, 0) is 6.42 Å². The number of guanidine groups is 1. The summed E-state index contributed by atoms with van der Waals surface area (Å²) < 4.78 is 5.60. The fraction of sp³-hybridized carbons (Fsp3) is 0.278. The molecule has 0 saturated heterocycles. The molecule has 0 spiro atoms. The number of aliphatic imine (C=N–C) groups is 1. The van der Waals surface area contributed by atoms with Crippen LogP contribution >= 0.6 is 35.6 Å². The van der Waals surface area contributed by atoms with Gasteiger partial charge in [0.15, 0.2) is 5.96 Å². The van der Waals surface area contributed by atoms with E-state index in [9.17, 15) is 0 Å². The van der Waals surface area contributed by atoms with E-state index < -0.39 is 0 Å². The van der Waals surface area contributed by atoms with Gasteiger partial charge in [-0.2, -0.15) is 0 Å². The number of nitrogens with two attached hydrogens (primary N) is 1. The lowest BCUT2D eigenvalue weighted by atomic mass is 10.1. The van der Waals surface area contributed by atoms with Crippen molar-refractivity contribution in [1.82, 2.24) is 0 Å². The van der Waals surface area contributed by atoms with Crippen LogP contribution in [0.3, 0.4) is 0 Å². The van der Waals surface area contributed by atoms with Gasteiger partial charge >= 0.3 is 0 Å². The number of nitrogens with one attached hydrogen (secondary N) is 1. The quantitative estimate of drug-likeness (QED) is 0.373. The van der Waals surface area contributed by atoms with Gasteiger partial charge in [-0.25, -0.2) is 0 Å². The SMILES string of the molecule is CC(C)Oc1ccc(NC(N)=NCCc2cccc(Cl)c2)cc1.I. The summed E-state index contributed by atoms with van der Waals surface area (Å²) in [6.07, 6.45) is 0.955. The summed E-state index contributed by atoms with van der Waals surface area (Å²) in [7, 11) is 0. The van der Waals surface area contributed by atoms with E-state index in [2.05, 4.69) is 10.3 Å². The molecule has 0 fully saturated rings. The van der Waals surface area contributed by atoms with E-state index in [1.54, 1.807) is 0 Å². The van der Waals surface area contributed by atoms with Crippen molar-refractivity contribution in [1.29, 1.82) is 0 Å². The Morgan fingerprint density at radius 3 is 2.54 bits per heavy atom. The number of nitrogens with zero attached hydrogens (tertiary/aromatic N) is 1. The first-order valence-corrected chi connectivity index (χ1v) is 7.99. The summed E-state index contributed by atoms with van der Waals surface area (Å²) in [5.74, 6) is 1.23. The van der Waals surface area contributed by atoms with Crippen molar-refractivity contribution in [3.05, 3.63) is 59.1 Å². The Labute approximate surface area is 165 Å². The Kier molecular flexibility index (Phi) is 8.92. The molecule has 6 heteroatoms. The van der Waals surface area contributed by atoms with E-state index in [-0.39, 0.29) is 30.1 Å². The number of hydrogen-bond acceptors (Lipinski definition) is 2. The van der Waals surface area contributed by atoms with Gasteiger partial charge in [0.1, 0.15) is 5.75 Å². The molecule has 130 valence electrons. The molecule has 0 aliphatic rings. The Hall–Kier alpha value is -1.47. The first-order chi connectivity index (χ1) is 11.0. The van der Waals surface area contributed by atoms with Gasteiger partial charge in [0, 0.05) is 17.3 Å². The molecule has 0 aliphatic carbocycles. The lowest BCUT2D eigenvalue weighted by Crippen LogP contribution is -2.23. The zero-order valence-corrected chi connectivity index (χ0v) is 16.9. The molecule has 24 heavy (non-hydrogen) atoms. The van der Waals surface area contributed by atoms with Gasteiger partial charge in [0.25, 0.3) is 0 Å². The minimum Gasteiger partial charge on any atom is -0.491 e. The van der Waals surface area contributed by atoms with Crippen LogP contribution in [0, 0.1) is 0 Å². The summed E-state index contributed by atoms with van der Waals surface area (Å²) in [6, 6.07) is 15.4. The standard InChI is InChI=1S/C18H22ClN3O.HI/c1-13(2)23-17-8-6-16(7-9-17)22-18(20)21-11-10-14-4-3-5-15(19)12-14;/h3-9,12-13H,10-11H2,1-2H3,(H3,20,21,22);1H. The highest BCUT2D eigenvalue weighted by molar-refractivity contribution is 14.0. The topological polar surface area (TPSA) is 59.6 Å². The third-order valence-electron chi connectivity index (χ3n) is 3.07. The molecule has 4 nitrogen and oxygen atoms in total. The van der Waals surface area contributed by atoms with E-state index >= 15 is 0 Å². The number of ether oxygens (including phenoxy) is 1. The summed E-state index contributed by atoms with van der Waals surface area (Å²) in [4.78, 5) is 4.32. The highest BCUT2D eigenvalue weighted by atomic mass is 127. The fourth-order valence-electron chi connectivity index (χ4n) is 2.07. The molecule has 0 radical (unpaired) electrons. The minimum absolute atomic E-state index is 0. The van der Waals surface area contributed by atoms with Crippen LogP contribution in [0.25, 0.3) is 0 Å². The van der Waals surface area contributed by atoms with E-state index in [1.165, 1.54) is 0 Å². The third-order valence-corrected chi connectivity index (χ3v) is 3.31. The minimum atomic E-state index is 0. The summed E-state index contributed by atoms with van der Waals surface area (Å²) in [6.45, 7) is 4.60. The molecule has 0 unspecified atom stereocenters. The lowest BCUT2D eigenvalue weighted by molar-refractivity contribution is 0.242. The van der Waals surface area contributed by atoms with Gasteiger partial charge in [-0.1, -0.05) is 23.7 Å². The van der Waals surface area contributed by atoms with Crippen LogP contribution in [-0.4, -0.2) is 18.6 Å². The molecule has 0 saturated carbocycles. The number of benzene rings is 2. The molecule has 2 rings (SSSR count). The first kappa shape index (κ1) is 20.6. The summed E-state index contributed by atoms with van der Waals surface area (Å²) >= 11 is 5.95. The van der Waals surface area contributed by atoms with Crippen molar-refractivity contribution >= 4 is 47.2 Å². The van der Waals surface area contributed by atoms with Crippen molar-refractivity contribution in [3.8, 4) is 5.75 Å². The van der Waals surface area contributed by atoms with Crippen LogP contribution in [0.1, 0.15) is 19.4 Å². The van der Waals surface area contributed by atoms with Gasteiger partial charge in [0.05, 0.1) is 6.10 Å². The molecule has 0 bridgehead atoms. The van der Waals surface area contributed by atoms with Crippen LogP contribution in [0.15, 0.2) is 53.5 Å². The highest BCUT2D eigenvalue weighted by Gasteiger charge is 1.99. The molecule has 0 amide bonds. The molecule has 0 aromatic heterocycles. The monoisotopic (exact) mass is 459 g/mol. The lowest BCUT2D eigenvalue weighted by Gasteiger charge is -2.11. The first-order valence-electron chi connectivity index (χ1n) is 7.61. The van der Waals surface area contributed by atoms with Gasteiger partial charge in [-0.3, -0.25) is 4.99 Å². The van der Waals surface area contributed by atoms with Crippen molar-refractivity contribution in [3.63, 3.8) is 0 Å². The van der Waals surface area contributed by atoms with Crippen molar-refractivity contribution in [2.75, 3.05) is 11.9 Å². The Balaban J connectivity index is 0.00000288. The Morgan fingerprint density at radius 1 is 1.21 bits per heavy atom. The molecule has 0 heterocycles. The maximum Gasteiger partial charge on any atom is 0.193 e. The molecule has 0 aliphatic heterocycles. The summed E-state index contributed by atoms with van der Waals surface area (Å²) in [5.41, 5.74) is 7.92. The predicted octanol–water partition coefficient (Wildman–Crippen LogP) is 4.71. The molecule has 2 aromatic carbocycles. The van der Waals surface area contributed by atoms with Crippen LogP contribution in [0.5, 0.6) is 5.75 Å². The molecule has 3 N–H and O–H groups in total. The van der Waals surface area contributed by atoms with Crippen LogP contribution < -0.4 is 15.8 Å². The number of anilines is 1. The van der Waals surface area contributed by atoms with Gasteiger partial charge in [-0.15, -0.1) is 24.0 Å². The third kappa shape index (κ3) is 7.40. The average Bonchev–Trinajstić information content (AvgIpc) is 2.49. The second-order valence-corrected chi connectivity index (χ2v) is 5.90. The summed E-state index contributed by atoms with van der Waals surface area (Å²) in [5, 5.41) is 3.80. The maximum atomic E-state index is 5.95. The second-order valence-electron chi connectivity index (χ2n) is 5.46. The maximum absolute atomic E-state index is 5.95. The second kappa shape index (κ2) is 10.4. The van der Waals surface area contributed by atoms with Gasteiger partial charge in [0.2, 0.25) is 0 Å². The fourth-order valence-corrected chi connectivity index (χ4v) is 2.29. The smallest absolute Gasteiger partial charge is 0.193 e. The zero-order valence-electron chi connectivity index (χ0n) is 13.8. The van der Waals surface area contributed by atoms with Crippen molar-refractivity contribution < 1.29 is 4.74 Å².